The van der Waals surface area contributed by atoms with Crippen LogP contribution in [0.5, 0.6) is 0 Å². The van der Waals surface area contributed by atoms with Gasteiger partial charge in [0, 0.05) is 50.0 Å². The molecule has 4 heteroatoms. The molecule has 0 radical (unpaired) electrons. The highest BCUT2D eigenvalue weighted by Crippen LogP contribution is 2.30. The smallest absolute Gasteiger partial charge is 0.0739 e. The number of aliphatic hydroxyl groups excluding tert-OH is 1. The highest BCUT2D eigenvalue weighted by Gasteiger charge is 2.34. The van der Waals surface area contributed by atoms with E-state index in [0.29, 0.717) is 6.42 Å². The fourth-order valence-corrected chi connectivity index (χ4v) is 4.53. The standard InChI is InChI=1S/C22H29N3O/c1-15-6-7-16(2)20(12-15)24-8-10-25(11-9-24)21-14-18-17(13-22(21)26)4-3-5-19(18)23/h3-7,12,21-22,26H,8-11,13-14,23H2,1-2H3/t21-,22-/m0/s1. The Morgan fingerprint density at radius 3 is 2.54 bits per heavy atom. The van der Waals surface area contributed by atoms with Crippen molar-refractivity contribution in [2.45, 2.75) is 38.8 Å². The molecular weight excluding hydrogens is 322 g/mol. The molecule has 1 fully saturated rings. The lowest BCUT2D eigenvalue weighted by Gasteiger charge is -2.44. The fraction of sp³-hybridized carbons (Fsp3) is 0.455. The van der Waals surface area contributed by atoms with Crippen molar-refractivity contribution < 1.29 is 5.11 Å². The minimum atomic E-state index is -0.309. The van der Waals surface area contributed by atoms with E-state index < -0.39 is 0 Å². The Morgan fingerprint density at radius 1 is 1.00 bits per heavy atom. The van der Waals surface area contributed by atoms with Gasteiger partial charge in [-0.15, -0.1) is 0 Å². The van der Waals surface area contributed by atoms with Gasteiger partial charge < -0.3 is 15.7 Å². The van der Waals surface area contributed by atoms with Crippen molar-refractivity contribution in [2.75, 3.05) is 36.8 Å². The molecule has 2 aromatic carbocycles. The van der Waals surface area contributed by atoms with Gasteiger partial charge in [0.15, 0.2) is 0 Å². The molecule has 138 valence electrons. The lowest BCUT2D eigenvalue weighted by Crippen LogP contribution is -2.56. The Hall–Kier alpha value is -2.04. The number of fused-ring (bicyclic) bond motifs is 1. The van der Waals surface area contributed by atoms with Crippen molar-refractivity contribution in [3.8, 4) is 0 Å². The maximum atomic E-state index is 10.7. The fourth-order valence-electron chi connectivity index (χ4n) is 4.53. The number of nitrogen functional groups attached to an aromatic ring is 1. The predicted octanol–water partition coefficient (Wildman–Crippen LogP) is 2.54. The highest BCUT2D eigenvalue weighted by molar-refractivity contribution is 5.55. The Morgan fingerprint density at radius 2 is 1.77 bits per heavy atom. The number of nitrogens with two attached hydrogens (primary N) is 1. The summed E-state index contributed by atoms with van der Waals surface area (Å²) in [6, 6.07) is 12.9. The van der Waals surface area contributed by atoms with Crippen LogP contribution in [-0.4, -0.2) is 48.3 Å². The van der Waals surface area contributed by atoms with Crippen molar-refractivity contribution in [3.05, 3.63) is 58.7 Å². The third kappa shape index (κ3) is 3.19. The third-order valence-corrected chi connectivity index (χ3v) is 6.08. The van der Waals surface area contributed by atoms with Gasteiger partial charge in [0.25, 0.3) is 0 Å². The monoisotopic (exact) mass is 351 g/mol. The van der Waals surface area contributed by atoms with Crippen molar-refractivity contribution in [1.82, 2.24) is 4.90 Å². The van der Waals surface area contributed by atoms with Crippen LogP contribution in [0.25, 0.3) is 0 Å². The highest BCUT2D eigenvalue weighted by atomic mass is 16.3. The number of aliphatic hydroxyl groups is 1. The van der Waals surface area contributed by atoms with Crippen LogP contribution in [0, 0.1) is 13.8 Å². The van der Waals surface area contributed by atoms with Crippen LogP contribution in [0.2, 0.25) is 0 Å². The predicted molar refractivity (Wildman–Crippen MR) is 108 cm³/mol. The summed E-state index contributed by atoms with van der Waals surface area (Å²) in [5.74, 6) is 0. The van der Waals surface area contributed by atoms with E-state index in [1.54, 1.807) is 0 Å². The average molecular weight is 351 g/mol. The van der Waals surface area contributed by atoms with E-state index in [1.807, 2.05) is 12.1 Å². The lowest BCUT2D eigenvalue weighted by atomic mass is 9.84. The first-order chi connectivity index (χ1) is 12.5. The number of hydrogen-bond donors (Lipinski definition) is 2. The Bertz CT molecular complexity index is 796. The van der Waals surface area contributed by atoms with Gasteiger partial charge in [-0.1, -0.05) is 24.3 Å². The quantitative estimate of drug-likeness (QED) is 0.817. The van der Waals surface area contributed by atoms with E-state index in [9.17, 15) is 5.11 Å². The van der Waals surface area contributed by atoms with Gasteiger partial charge in [-0.2, -0.15) is 0 Å². The maximum Gasteiger partial charge on any atom is 0.0739 e. The molecule has 0 saturated carbocycles. The molecule has 1 saturated heterocycles. The van der Waals surface area contributed by atoms with Crippen molar-refractivity contribution in [3.63, 3.8) is 0 Å². The molecule has 0 spiro atoms. The Labute approximate surface area is 156 Å². The molecule has 2 atom stereocenters. The van der Waals surface area contributed by atoms with Crippen molar-refractivity contribution in [2.24, 2.45) is 0 Å². The summed E-state index contributed by atoms with van der Waals surface area (Å²) in [6.45, 7) is 8.31. The average Bonchev–Trinajstić information content (AvgIpc) is 2.64. The molecular formula is C22H29N3O. The first-order valence-electron chi connectivity index (χ1n) is 9.63. The molecule has 0 bridgehead atoms. The molecule has 1 heterocycles. The summed E-state index contributed by atoms with van der Waals surface area (Å²) < 4.78 is 0. The van der Waals surface area contributed by atoms with Crippen LogP contribution < -0.4 is 10.6 Å². The van der Waals surface area contributed by atoms with E-state index in [1.165, 1.54) is 27.9 Å². The van der Waals surface area contributed by atoms with Crippen molar-refractivity contribution in [1.29, 1.82) is 0 Å². The molecule has 2 aliphatic rings. The van der Waals surface area contributed by atoms with E-state index in [-0.39, 0.29) is 12.1 Å². The number of rotatable bonds is 2. The summed E-state index contributed by atoms with van der Waals surface area (Å²) in [4.78, 5) is 4.94. The first-order valence-corrected chi connectivity index (χ1v) is 9.63. The molecule has 26 heavy (non-hydrogen) atoms. The minimum Gasteiger partial charge on any atom is -0.398 e. The molecule has 3 N–H and O–H groups in total. The second-order valence-corrected chi connectivity index (χ2v) is 7.84. The molecule has 0 unspecified atom stereocenters. The normalized spacial score (nSPS) is 23.7. The molecule has 1 aliphatic heterocycles. The van der Waals surface area contributed by atoms with Crippen molar-refractivity contribution >= 4 is 11.4 Å². The second kappa shape index (κ2) is 6.93. The molecule has 4 nitrogen and oxygen atoms in total. The topological polar surface area (TPSA) is 52.7 Å². The van der Waals surface area contributed by atoms with E-state index in [4.69, 9.17) is 5.73 Å². The van der Waals surface area contributed by atoms with E-state index in [0.717, 1.165) is 38.3 Å². The van der Waals surface area contributed by atoms with Crippen LogP contribution in [0.15, 0.2) is 36.4 Å². The molecule has 1 aliphatic carbocycles. The summed E-state index contributed by atoms with van der Waals surface area (Å²) in [7, 11) is 0. The molecule has 2 aromatic rings. The number of benzene rings is 2. The zero-order chi connectivity index (χ0) is 18.3. The summed E-state index contributed by atoms with van der Waals surface area (Å²) >= 11 is 0. The summed E-state index contributed by atoms with van der Waals surface area (Å²) in [5, 5.41) is 10.7. The van der Waals surface area contributed by atoms with Gasteiger partial charge in [0.05, 0.1) is 6.10 Å². The van der Waals surface area contributed by atoms with Crippen LogP contribution in [0.3, 0.4) is 0 Å². The zero-order valence-electron chi connectivity index (χ0n) is 15.8. The van der Waals surface area contributed by atoms with Gasteiger partial charge >= 0.3 is 0 Å². The first kappa shape index (κ1) is 17.4. The Balaban J connectivity index is 1.46. The minimum absolute atomic E-state index is 0.174. The second-order valence-electron chi connectivity index (χ2n) is 7.84. The van der Waals surface area contributed by atoms with Gasteiger partial charge in [-0.25, -0.2) is 0 Å². The molecule has 0 aromatic heterocycles. The zero-order valence-corrected chi connectivity index (χ0v) is 15.8. The maximum absolute atomic E-state index is 10.7. The molecule has 0 amide bonds. The SMILES string of the molecule is Cc1ccc(C)c(N2CCN([C@H]3Cc4c(N)cccc4C[C@@H]3O)CC2)c1. The van der Waals surface area contributed by atoms with E-state index in [2.05, 4.69) is 47.9 Å². The third-order valence-electron chi connectivity index (χ3n) is 6.08. The molecule has 4 rings (SSSR count). The Kier molecular flexibility index (Phi) is 4.63. The number of anilines is 2. The summed E-state index contributed by atoms with van der Waals surface area (Å²) in [5.41, 5.74) is 13.5. The van der Waals surface area contributed by atoms with Gasteiger partial charge in [0.1, 0.15) is 0 Å². The van der Waals surface area contributed by atoms with Crippen LogP contribution >= 0.6 is 0 Å². The van der Waals surface area contributed by atoms with Crippen LogP contribution in [0.1, 0.15) is 22.3 Å². The number of hydrogen-bond acceptors (Lipinski definition) is 4. The van der Waals surface area contributed by atoms with Crippen LogP contribution in [0.4, 0.5) is 11.4 Å². The van der Waals surface area contributed by atoms with Crippen LogP contribution in [-0.2, 0) is 12.8 Å². The number of piperazine rings is 1. The lowest BCUT2D eigenvalue weighted by molar-refractivity contribution is 0.0397. The largest absolute Gasteiger partial charge is 0.398 e. The number of nitrogens with zero attached hydrogens (tertiary/aromatic N) is 2. The van der Waals surface area contributed by atoms with Gasteiger partial charge in [-0.05, 0) is 54.7 Å². The van der Waals surface area contributed by atoms with Gasteiger partial charge in [0.2, 0.25) is 0 Å². The van der Waals surface area contributed by atoms with Gasteiger partial charge in [-0.3, -0.25) is 4.90 Å². The van der Waals surface area contributed by atoms with E-state index >= 15 is 0 Å². The summed E-state index contributed by atoms with van der Waals surface area (Å²) in [6.07, 6.45) is 1.26. The number of aryl methyl sites for hydroxylation is 2.